The monoisotopic (exact) mass is 527 g/mol. The first-order chi connectivity index (χ1) is 18.4. The van der Waals surface area contributed by atoms with Gasteiger partial charge in [-0.25, -0.2) is 0 Å². The van der Waals surface area contributed by atoms with Crippen molar-refractivity contribution in [3.05, 3.63) is 119 Å². The Hall–Kier alpha value is -3.87. The maximum atomic E-state index is 14.1. The van der Waals surface area contributed by atoms with Crippen molar-refractivity contribution in [3.8, 4) is 5.69 Å². The van der Waals surface area contributed by atoms with Gasteiger partial charge in [0.2, 0.25) is 11.8 Å². The number of hydrogen-bond acceptors (Lipinski definition) is 3. The first kappa shape index (κ1) is 25.8. The molecule has 1 atom stereocenters. The van der Waals surface area contributed by atoms with Gasteiger partial charge < -0.3 is 14.2 Å². The number of aromatic nitrogens is 1. The molecule has 0 fully saturated rings. The average molecular weight is 528 g/mol. The van der Waals surface area contributed by atoms with Crippen molar-refractivity contribution in [1.29, 1.82) is 0 Å². The first-order valence-electron chi connectivity index (χ1n) is 12.7. The minimum atomic E-state index is -0.399. The summed E-state index contributed by atoms with van der Waals surface area (Å²) in [5, 5.41) is 0.599. The molecule has 1 aromatic heterocycles. The minimum Gasteiger partial charge on any atom is -0.367 e. The number of fused-ring (bicyclic) bond motifs is 3. The van der Waals surface area contributed by atoms with Gasteiger partial charge in [0.05, 0.1) is 23.7 Å². The molecule has 4 aromatic rings. The van der Waals surface area contributed by atoms with Crippen molar-refractivity contribution < 1.29 is 14.3 Å². The topological polar surface area (TPSA) is 54.8 Å². The van der Waals surface area contributed by atoms with Gasteiger partial charge in [-0.2, -0.15) is 0 Å². The lowest BCUT2D eigenvalue weighted by Gasteiger charge is -2.40. The van der Waals surface area contributed by atoms with Crippen LogP contribution < -0.4 is 4.90 Å². The molecule has 2 heterocycles. The fourth-order valence-corrected chi connectivity index (χ4v) is 5.15. The van der Waals surface area contributed by atoms with Crippen molar-refractivity contribution in [2.75, 3.05) is 18.1 Å². The third kappa shape index (κ3) is 5.23. The predicted molar refractivity (Wildman–Crippen MR) is 149 cm³/mol. The number of ether oxygens (including phenoxy) is 1. The quantitative estimate of drug-likeness (QED) is 0.281. The van der Waals surface area contributed by atoms with Gasteiger partial charge in [-0.1, -0.05) is 66.2 Å². The van der Waals surface area contributed by atoms with Gasteiger partial charge in [0.25, 0.3) is 0 Å². The number of amides is 2. The lowest BCUT2D eigenvalue weighted by molar-refractivity contribution is -0.141. The van der Waals surface area contributed by atoms with Gasteiger partial charge >= 0.3 is 0 Å². The van der Waals surface area contributed by atoms with Crippen LogP contribution in [0.5, 0.6) is 0 Å². The Balaban J connectivity index is 1.43. The number of carbonyl (C=O) groups excluding carboxylic acids is 2. The van der Waals surface area contributed by atoms with Crippen LogP contribution >= 0.6 is 11.6 Å². The van der Waals surface area contributed by atoms with Crippen LogP contribution in [0.2, 0.25) is 5.02 Å². The highest BCUT2D eigenvalue weighted by molar-refractivity contribution is 6.30. The molecule has 0 radical (unpaired) electrons. The number of rotatable bonds is 8. The van der Waals surface area contributed by atoms with Crippen molar-refractivity contribution in [2.24, 2.45) is 0 Å². The average Bonchev–Trinajstić information content (AvgIpc) is 3.41. The van der Waals surface area contributed by atoms with Crippen LogP contribution in [-0.2, 0) is 20.9 Å². The Morgan fingerprint density at radius 2 is 1.66 bits per heavy atom. The summed E-state index contributed by atoms with van der Waals surface area (Å²) in [7, 11) is 0. The summed E-state index contributed by atoms with van der Waals surface area (Å²) in [6.07, 6.45) is 2.00. The molecule has 194 valence electrons. The lowest BCUT2D eigenvalue weighted by Crippen LogP contribution is -2.49. The van der Waals surface area contributed by atoms with Crippen molar-refractivity contribution in [1.82, 2.24) is 9.47 Å². The standard InChI is InChI=1S/C31H30ClN3O3/c1-22(2)34(30(37)21-38-20-23-10-4-3-5-11-23)19-29(36)35-27-15-7-6-14-26(27)33-17-9-16-28(33)31(35)24-12-8-13-25(32)18-24/h3-18,22,31H,19-21H2,1-2H3. The Morgan fingerprint density at radius 1 is 0.921 bits per heavy atom. The van der Waals surface area contributed by atoms with Gasteiger partial charge in [0.1, 0.15) is 19.2 Å². The summed E-state index contributed by atoms with van der Waals surface area (Å²) >= 11 is 6.38. The normalized spacial score (nSPS) is 14.2. The second-order valence-corrected chi connectivity index (χ2v) is 10.0. The molecule has 38 heavy (non-hydrogen) atoms. The van der Waals surface area contributed by atoms with Crippen LogP contribution in [0, 0.1) is 0 Å². The number of carbonyl (C=O) groups is 2. The van der Waals surface area contributed by atoms with E-state index in [1.54, 1.807) is 9.80 Å². The van der Waals surface area contributed by atoms with E-state index in [0.717, 1.165) is 28.2 Å². The van der Waals surface area contributed by atoms with E-state index in [1.165, 1.54) is 0 Å². The van der Waals surface area contributed by atoms with Crippen molar-refractivity contribution in [2.45, 2.75) is 32.5 Å². The highest BCUT2D eigenvalue weighted by atomic mass is 35.5. The van der Waals surface area contributed by atoms with Crippen LogP contribution in [0.1, 0.15) is 36.7 Å². The zero-order valence-corrected chi connectivity index (χ0v) is 22.2. The lowest BCUT2D eigenvalue weighted by atomic mass is 9.97. The van der Waals surface area contributed by atoms with E-state index in [-0.39, 0.29) is 31.0 Å². The Kier molecular flexibility index (Phi) is 7.63. The second-order valence-electron chi connectivity index (χ2n) is 9.61. The maximum Gasteiger partial charge on any atom is 0.249 e. The number of halogens is 1. The van der Waals surface area contributed by atoms with E-state index in [4.69, 9.17) is 16.3 Å². The van der Waals surface area contributed by atoms with Gasteiger partial charge in [-0.3, -0.25) is 14.5 Å². The third-order valence-corrected chi connectivity index (χ3v) is 6.97. The Morgan fingerprint density at radius 3 is 2.39 bits per heavy atom. The Bertz CT molecular complexity index is 1430. The zero-order valence-electron chi connectivity index (χ0n) is 21.5. The van der Waals surface area contributed by atoms with Crippen LogP contribution in [0.15, 0.2) is 97.2 Å². The first-order valence-corrected chi connectivity index (χ1v) is 13.1. The summed E-state index contributed by atoms with van der Waals surface area (Å²) in [6, 6.07) is 28.5. The van der Waals surface area contributed by atoms with Gasteiger partial charge in [0, 0.05) is 17.3 Å². The molecule has 0 N–H and O–H groups in total. The number of para-hydroxylation sites is 2. The highest BCUT2D eigenvalue weighted by Gasteiger charge is 2.37. The maximum absolute atomic E-state index is 14.1. The minimum absolute atomic E-state index is 0.0721. The third-order valence-electron chi connectivity index (χ3n) is 6.74. The van der Waals surface area contributed by atoms with Crippen LogP contribution in [-0.4, -0.2) is 40.5 Å². The largest absolute Gasteiger partial charge is 0.367 e. The van der Waals surface area contributed by atoms with Gasteiger partial charge in [0.15, 0.2) is 0 Å². The molecule has 0 saturated carbocycles. The fourth-order valence-electron chi connectivity index (χ4n) is 4.95. The number of anilines is 1. The van der Waals surface area contributed by atoms with Crippen LogP contribution in [0.25, 0.3) is 5.69 Å². The van der Waals surface area contributed by atoms with E-state index in [1.807, 2.05) is 111 Å². The molecule has 1 aliphatic heterocycles. The molecular formula is C31H30ClN3O3. The number of nitrogens with zero attached hydrogens (tertiary/aromatic N) is 3. The van der Waals surface area contributed by atoms with Crippen LogP contribution in [0.3, 0.4) is 0 Å². The predicted octanol–water partition coefficient (Wildman–Crippen LogP) is 6.02. The summed E-state index contributed by atoms with van der Waals surface area (Å²) in [5.74, 6) is -0.405. The van der Waals surface area contributed by atoms with E-state index >= 15 is 0 Å². The molecule has 2 amide bonds. The molecule has 5 rings (SSSR count). The zero-order chi connectivity index (χ0) is 26.6. The molecule has 1 unspecified atom stereocenters. The molecule has 3 aromatic carbocycles. The second kappa shape index (κ2) is 11.3. The summed E-state index contributed by atoms with van der Waals surface area (Å²) in [5.41, 5.74) is 4.53. The molecule has 1 aliphatic rings. The number of hydrogen-bond donors (Lipinski definition) is 0. The molecule has 7 heteroatoms. The number of benzene rings is 3. The highest BCUT2D eigenvalue weighted by Crippen LogP contribution is 2.42. The van der Waals surface area contributed by atoms with E-state index in [0.29, 0.717) is 11.6 Å². The fraction of sp³-hybridized carbons (Fsp3) is 0.226. The summed E-state index contributed by atoms with van der Waals surface area (Å²) in [4.78, 5) is 30.7. The van der Waals surface area contributed by atoms with Crippen molar-refractivity contribution >= 4 is 29.1 Å². The Labute approximate surface area is 228 Å². The van der Waals surface area contributed by atoms with Gasteiger partial charge in [-0.05, 0) is 61.4 Å². The van der Waals surface area contributed by atoms with E-state index in [2.05, 4.69) is 4.57 Å². The summed E-state index contributed by atoms with van der Waals surface area (Å²) in [6.45, 7) is 3.98. The smallest absolute Gasteiger partial charge is 0.249 e. The molecule has 6 nitrogen and oxygen atoms in total. The summed E-state index contributed by atoms with van der Waals surface area (Å²) < 4.78 is 7.81. The SMILES string of the molecule is CC(C)N(CC(=O)N1c2ccccc2-n2cccc2C1c1cccc(Cl)c1)C(=O)COCc1ccccc1. The van der Waals surface area contributed by atoms with E-state index in [9.17, 15) is 9.59 Å². The molecule has 0 aliphatic carbocycles. The van der Waals surface area contributed by atoms with E-state index < -0.39 is 6.04 Å². The molecule has 0 spiro atoms. The van der Waals surface area contributed by atoms with Crippen LogP contribution in [0.4, 0.5) is 5.69 Å². The molecule has 0 saturated heterocycles. The van der Waals surface area contributed by atoms with Crippen molar-refractivity contribution in [3.63, 3.8) is 0 Å². The molecular weight excluding hydrogens is 498 g/mol. The molecule has 0 bridgehead atoms. The van der Waals surface area contributed by atoms with Gasteiger partial charge in [-0.15, -0.1) is 0 Å².